The van der Waals surface area contributed by atoms with Gasteiger partial charge in [-0.2, -0.15) is 5.26 Å². The summed E-state index contributed by atoms with van der Waals surface area (Å²) in [6.07, 6.45) is 3.68. The summed E-state index contributed by atoms with van der Waals surface area (Å²) in [7, 11) is 0. The van der Waals surface area contributed by atoms with Gasteiger partial charge in [0.25, 0.3) is 0 Å². The second-order valence-electron chi connectivity index (χ2n) is 3.95. The van der Waals surface area contributed by atoms with E-state index in [1.165, 1.54) is 0 Å². The molecule has 1 saturated heterocycles. The van der Waals surface area contributed by atoms with Crippen molar-refractivity contribution in [2.24, 2.45) is 5.92 Å². The molecule has 1 aromatic heterocycles. The topological polar surface area (TPSA) is 69.9 Å². The minimum atomic E-state index is -0.175. The molecule has 0 bridgehead atoms. The summed E-state index contributed by atoms with van der Waals surface area (Å²) >= 11 is 0. The lowest BCUT2D eigenvalue weighted by Gasteiger charge is -2.14. The van der Waals surface area contributed by atoms with Crippen molar-refractivity contribution in [3.8, 4) is 6.07 Å². The van der Waals surface area contributed by atoms with Crippen LogP contribution < -0.4 is 0 Å². The van der Waals surface area contributed by atoms with Crippen molar-refractivity contribution < 1.29 is 4.79 Å². The third-order valence-electron chi connectivity index (χ3n) is 2.58. The average molecular weight is 216 g/mol. The maximum Gasteiger partial charge on any atom is 0.224 e. The Balaban J connectivity index is 2.03. The van der Waals surface area contributed by atoms with Gasteiger partial charge in [-0.15, -0.1) is 0 Å². The molecule has 2 heterocycles. The van der Waals surface area contributed by atoms with E-state index in [1.807, 2.05) is 6.92 Å². The molecule has 0 spiro atoms. The van der Waals surface area contributed by atoms with Crippen LogP contribution in [0.3, 0.4) is 0 Å². The van der Waals surface area contributed by atoms with Crippen molar-refractivity contribution in [2.75, 3.05) is 6.54 Å². The molecule has 5 nitrogen and oxygen atoms in total. The Hall–Kier alpha value is -1.96. The molecular formula is C11H12N4O. The van der Waals surface area contributed by atoms with Crippen molar-refractivity contribution >= 4 is 5.91 Å². The fourth-order valence-electron chi connectivity index (χ4n) is 1.71. The molecule has 82 valence electrons. The van der Waals surface area contributed by atoms with E-state index in [4.69, 9.17) is 5.26 Å². The van der Waals surface area contributed by atoms with E-state index in [0.717, 1.165) is 11.4 Å². The van der Waals surface area contributed by atoms with Crippen molar-refractivity contribution in [2.45, 2.75) is 19.9 Å². The smallest absolute Gasteiger partial charge is 0.224 e. The number of hydrogen-bond acceptors (Lipinski definition) is 4. The van der Waals surface area contributed by atoms with Crippen LogP contribution in [0, 0.1) is 24.2 Å². The van der Waals surface area contributed by atoms with Crippen LogP contribution in [-0.4, -0.2) is 27.3 Å². The molecule has 2 rings (SSSR count). The molecule has 1 amide bonds. The highest BCUT2D eigenvalue weighted by Crippen LogP contribution is 2.18. The van der Waals surface area contributed by atoms with E-state index in [0.29, 0.717) is 19.5 Å². The van der Waals surface area contributed by atoms with Gasteiger partial charge in [-0.25, -0.2) is 0 Å². The monoisotopic (exact) mass is 216 g/mol. The van der Waals surface area contributed by atoms with Crippen molar-refractivity contribution in [3.05, 3.63) is 23.8 Å². The fourth-order valence-corrected chi connectivity index (χ4v) is 1.71. The number of carbonyl (C=O) groups is 1. The van der Waals surface area contributed by atoms with Crippen LogP contribution in [0.25, 0.3) is 0 Å². The first-order valence-electron chi connectivity index (χ1n) is 5.14. The van der Waals surface area contributed by atoms with Crippen LogP contribution in [0.4, 0.5) is 0 Å². The third-order valence-corrected chi connectivity index (χ3v) is 2.58. The normalized spacial score (nSPS) is 19.9. The fraction of sp³-hybridized carbons (Fsp3) is 0.455. The van der Waals surface area contributed by atoms with E-state index >= 15 is 0 Å². The highest BCUT2D eigenvalue weighted by atomic mass is 16.2. The Morgan fingerprint density at radius 3 is 2.94 bits per heavy atom. The highest BCUT2D eigenvalue weighted by Gasteiger charge is 2.29. The molecule has 5 heteroatoms. The Bertz CT molecular complexity index is 434. The van der Waals surface area contributed by atoms with E-state index in [2.05, 4.69) is 16.0 Å². The number of nitriles is 1. The third kappa shape index (κ3) is 2.16. The molecule has 16 heavy (non-hydrogen) atoms. The molecule has 0 N–H and O–H groups in total. The van der Waals surface area contributed by atoms with Gasteiger partial charge < -0.3 is 4.90 Å². The number of aromatic nitrogens is 2. The summed E-state index contributed by atoms with van der Waals surface area (Å²) < 4.78 is 0. The number of likely N-dealkylation sites (tertiary alicyclic amines) is 1. The zero-order valence-electron chi connectivity index (χ0n) is 9.05. The Kier molecular flexibility index (Phi) is 2.82. The number of carbonyl (C=O) groups excluding carboxylic acids is 1. The summed E-state index contributed by atoms with van der Waals surface area (Å²) in [5, 5.41) is 8.75. The lowest BCUT2D eigenvalue weighted by Crippen LogP contribution is -2.25. The van der Waals surface area contributed by atoms with Crippen molar-refractivity contribution in [1.82, 2.24) is 14.9 Å². The minimum Gasteiger partial charge on any atom is -0.335 e. The largest absolute Gasteiger partial charge is 0.335 e. The summed E-state index contributed by atoms with van der Waals surface area (Å²) in [6, 6.07) is 2.12. The van der Waals surface area contributed by atoms with Gasteiger partial charge >= 0.3 is 0 Å². The first kappa shape index (κ1) is 10.6. The second-order valence-corrected chi connectivity index (χ2v) is 3.95. The quantitative estimate of drug-likeness (QED) is 0.728. The Morgan fingerprint density at radius 1 is 1.56 bits per heavy atom. The summed E-state index contributed by atoms with van der Waals surface area (Å²) in [5.74, 6) is -0.153. The highest BCUT2D eigenvalue weighted by molar-refractivity contribution is 5.79. The number of rotatable bonds is 2. The van der Waals surface area contributed by atoms with Gasteiger partial charge in [-0.05, 0) is 6.92 Å². The molecule has 0 aliphatic carbocycles. The average Bonchev–Trinajstić information content (AvgIpc) is 2.63. The summed E-state index contributed by atoms with van der Waals surface area (Å²) in [6.45, 7) is 2.82. The second kappa shape index (κ2) is 4.27. The van der Waals surface area contributed by atoms with Gasteiger partial charge in [0.1, 0.15) is 0 Å². The number of aryl methyl sites for hydroxylation is 1. The summed E-state index contributed by atoms with van der Waals surface area (Å²) in [5.41, 5.74) is 1.61. The Morgan fingerprint density at radius 2 is 2.38 bits per heavy atom. The predicted molar refractivity (Wildman–Crippen MR) is 55.9 cm³/mol. The van der Waals surface area contributed by atoms with Crippen molar-refractivity contribution in [1.29, 1.82) is 5.26 Å². The van der Waals surface area contributed by atoms with E-state index in [-0.39, 0.29) is 11.8 Å². The number of amides is 1. The van der Waals surface area contributed by atoms with Crippen LogP contribution in [0.1, 0.15) is 17.8 Å². The Labute approximate surface area is 93.7 Å². The van der Waals surface area contributed by atoms with E-state index in [9.17, 15) is 4.79 Å². The van der Waals surface area contributed by atoms with Crippen LogP contribution in [0.15, 0.2) is 12.4 Å². The van der Waals surface area contributed by atoms with Gasteiger partial charge in [0.05, 0.1) is 36.1 Å². The molecule has 1 aliphatic rings. The van der Waals surface area contributed by atoms with Gasteiger partial charge in [-0.1, -0.05) is 0 Å². The maximum atomic E-state index is 11.5. The standard InChI is InChI=1S/C11H12N4O/c1-8-4-14-10(5-13-8)7-15-6-9(3-12)2-11(15)16/h4-5,9H,2,6-7H2,1H3. The molecule has 0 radical (unpaired) electrons. The predicted octanol–water partition coefficient (Wildman–Crippen LogP) is 0.657. The lowest BCUT2D eigenvalue weighted by molar-refractivity contribution is -0.128. The van der Waals surface area contributed by atoms with Crippen molar-refractivity contribution in [3.63, 3.8) is 0 Å². The number of hydrogen-bond donors (Lipinski definition) is 0. The van der Waals surface area contributed by atoms with Gasteiger partial charge in [0, 0.05) is 19.2 Å². The lowest BCUT2D eigenvalue weighted by atomic mass is 10.1. The van der Waals surface area contributed by atoms with E-state index in [1.54, 1.807) is 17.3 Å². The SMILES string of the molecule is Cc1cnc(CN2CC(C#N)CC2=O)cn1. The molecular weight excluding hydrogens is 204 g/mol. The van der Waals surface area contributed by atoms with Gasteiger partial charge in [-0.3, -0.25) is 14.8 Å². The van der Waals surface area contributed by atoms with Crippen LogP contribution >= 0.6 is 0 Å². The molecule has 1 aromatic rings. The van der Waals surface area contributed by atoms with Crippen LogP contribution in [-0.2, 0) is 11.3 Å². The van der Waals surface area contributed by atoms with Crippen LogP contribution in [0.2, 0.25) is 0 Å². The van der Waals surface area contributed by atoms with Gasteiger partial charge in [0.2, 0.25) is 5.91 Å². The molecule has 1 aliphatic heterocycles. The summed E-state index contributed by atoms with van der Waals surface area (Å²) in [4.78, 5) is 21.5. The first-order valence-corrected chi connectivity index (χ1v) is 5.14. The zero-order valence-corrected chi connectivity index (χ0v) is 9.05. The molecule has 0 saturated carbocycles. The molecule has 0 aromatic carbocycles. The first-order chi connectivity index (χ1) is 7.69. The molecule has 1 unspecified atom stereocenters. The molecule has 1 atom stereocenters. The maximum absolute atomic E-state index is 11.5. The number of nitrogens with zero attached hydrogens (tertiary/aromatic N) is 4. The zero-order chi connectivity index (χ0) is 11.5. The van der Waals surface area contributed by atoms with Crippen LogP contribution in [0.5, 0.6) is 0 Å². The molecule has 1 fully saturated rings. The van der Waals surface area contributed by atoms with Gasteiger partial charge in [0.15, 0.2) is 0 Å². The minimum absolute atomic E-state index is 0.0222. The van der Waals surface area contributed by atoms with E-state index < -0.39 is 0 Å².